The van der Waals surface area contributed by atoms with E-state index in [0.29, 0.717) is 6.42 Å². The number of carboxylic acid groups (broad SMARTS) is 1. The summed E-state index contributed by atoms with van der Waals surface area (Å²) in [6, 6.07) is 9.50. The quantitative estimate of drug-likeness (QED) is 0.752. The minimum atomic E-state index is -0.979. The van der Waals surface area contributed by atoms with Crippen LogP contribution in [0.2, 0.25) is 0 Å². The van der Waals surface area contributed by atoms with Gasteiger partial charge in [-0.1, -0.05) is 36.9 Å². The fourth-order valence-corrected chi connectivity index (χ4v) is 1.32. The first-order valence-electron chi connectivity index (χ1n) is 4.64. The molecule has 1 rings (SSSR count). The van der Waals surface area contributed by atoms with Crippen molar-refractivity contribution in [1.29, 1.82) is 0 Å². The zero-order valence-corrected chi connectivity index (χ0v) is 8.64. The van der Waals surface area contributed by atoms with E-state index >= 15 is 0 Å². The monoisotopic (exact) mass is 206 g/mol. The molecular formula is C12H14O3. The second-order valence-corrected chi connectivity index (χ2v) is 3.25. The highest BCUT2D eigenvalue weighted by atomic mass is 16.5. The minimum absolute atomic E-state index is 0.158. The average Bonchev–Trinajstić information content (AvgIpc) is 2.26. The van der Waals surface area contributed by atoms with Gasteiger partial charge >= 0.3 is 5.97 Å². The Balaban J connectivity index is 2.73. The number of hydrogen-bond donors (Lipinski definition) is 1. The predicted octanol–water partition coefficient (Wildman–Crippen LogP) is 2.40. The van der Waals surface area contributed by atoms with Crippen LogP contribution < -0.4 is 0 Å². The maximum Gasteiger partial charge on any atom is 0.331 e. The van der Waals surface area contributed by atoms with Gasteiger partial charge in [0.1, 0.15) is 0 Å². The van der Waals surface area contributed by atoms with Crippen molar-refractivity contribution in [3.63, 3.8) is 0 Å². The molecule has 80 valence electrons. The fourth-order valence-electron chi connectivity index (χ4n) is 1.32. The van der Waals surface area contributed by atoms with Gasteiger partial charge in [0.05, 0.1) is 6.10 Å². The smallest absolute Gasteiger partial charge is 0.331 e. The van der Waals surface area contributed by atoms with Crippen molar-refractivity contribution in [2.75, 3.05) is 7.11 Å². The Morgan fingerprint density at radius 3 is 2.53 bits per heavy atom. The maximum atomic E-state index is 10.6. The number of benzene rings is 1. The van der Waals surface area contributed by atoms with Crippen LogP contribution in [0.4, 0.5) is 0 Å². The van der Waals surface area contributed by atoms with E-state index in [2.05, 4.69) is 6.58 Å². The molecule has 3 nitrogen and oxygen atoms in total. The lowest BCUT2D eigenvalue weighted by Crippen LogP contribution is -2.07. The largest absolute Gasteiger partial charge is 0.478 e. The molecule has 1 unspecified atom stereocenters. The zero-order valence-electron chi connectivity index (χ0n) is 8.64. The average molecular weight is 206 g/mol. The highest BCUT2D eigenvalue weighted by Gasteiger charge is 2.14. The van der Waals surface area contributed by atoms with Gasteiger partial charge in [-0.05, 0) is 5.56 Å². The lowest BCUT2D eigenvalue weighted by Gasteiger charge is -2.15. The number of methoxy groups -OCH3 is 1. The Morgan fingerprint density at radius 1 is 1.47 bits per heavy atom. The molecule has 0 saturated carbocycles. The summed E-state index contributed by atoms with van der Waals surface area (Å²) >= 11 is 0. The van der Waals surface area contributed by atoms with Crippen molar-refractivity contribution >= 4 is 5.97 Å². The van der Waals surface area contributed by atoms with E-state index in [9.17, 15) is 4.79 Å². The molecule has 0 fully saturated rings. The number of carboxylic acids is 1. The summed E-state index contributed by atoms with van der Waals surface area (Å²) in [5.74, 6) is -0.979. The molecule has 1 aromatic rings. The van der Waals surface area contributed by atoms with Crippen molar-refractivity contribution < 1.29 is 14.6 Å². The van der Waals surface area contributed by atoms with E-state index in [0.717, 1.165) is 5.56 Å². The molecule has 0 aliphatic carbocycles. The summed E-state index contributed by atoms with van der Waals surface area (Å²) < 4.78 is 5.23. The van der Waals surface area contributed by atoms with Crippen molar-refractivity contribution in [1.82, 2.24) is 0 Å². The number of hydrogen-bond acceptors (Lipinski definition) is 2. The van der Waals surface area contributed by atoms with Crippen LogP contribution >= 0.6 is 0 Å². The molecular weight excluding hydrogens is 192 g/mol. The van der Waals surface area contributed by atoms with E-state index < -0.39 is 5.97 Å². The normalized spacial score (nSPS) is 12.1. The Labute approximate surface area is 89.0 Å². The van der Waals surface area contributed by atoms with Crippen LogP contribution in [-0.4, -0.2) is 18.2 Å². The van der Waals surface area contributed by atoms with Crippen molar-refractivity contribution in [2.24, 2.45) is 0 Å². The van der Waals surface area contributed by atoms with E-state index in [1.54, 1.807) is 7.11 Å². The minimum Gasteiger partial charge on any atom is -0.478 e. The van der Waals surface area contributed by atoms with Crippen molar-refractivity contribution in [3.05, 3.63) is 48.0 Å². The van der Waals surface area contributed by atoms with Gasteiger partial charge in [0.15, 0.2) is 0 Å². The van der Waals surface area contributed by atoms with Gasteiger partial charge in [-0.3, -0.25) is 0 Å². The molecule has 0 radical (unpaired) electrons. The van der Waals surface area contributed by atoms with Crippen LogP contribution in [0.5, 0.6) is 0 Å². The third kappa shape index (κ3) is 3.22. The number of ether oxygens (including phenoxy) is 1. The summed E-state index contributed by atoms with van der Waals surface area (Å²) in [6.45, 7) is 3.49. The van der Waals surface area contributed by atoms with Crippen molar-refractivity contribution in [3.8, 4) is 0 Å². The third-order valence-corrected chi connectivity index (χ3v) is 2.19. The molecule has 0 aromatic heterocycles. The van der Waals surface area contributed by atoms with E-state index in [4.69, 9.17) is 9.84 Å². The van der Waals surface area contributed by atoms with Gasteiger partial charge in [-0.2, -0.15) is 0 Å². The van der Waals surface area contributed by atoms with Crippen LogP contribution in [0, 0.1) is 0 Å². The lowest BCUT2D eigenvalue weighted by molar-refractivity contribution is -0.133. The van der Waals surface area contributed by atoms with Crippen LogP contribution in [0.3, 0.4) is 0 Å². The molecule has 1 atom stereocenters. The van der Waals surface area contributed by atoms with E-state index in [1.165, 1.54) is 0 Å². The molecule has 0 spiro atoms. The standard InChI is InChI=1S/C12H14O3/c1-9(12(13)14)8-11(15-2)10-6-4-3-5-7-10/h3-7,11H,1,8H2,2H3,(H,13,14). The number of aliphatic carboxylic acids is 1. The molecule has 0 saturated heterocycles. The van der Waals surface area contributed by atoms with Crippen LogP contribution in [0.15, 0.2) is 42.5 Å². The molecule has 1 N–H and O–H groups in total. The molecule has 1 aromatic carbocycles. The summed E-state index contributed by atoms with van der Waals surface area (Å²) in [5, 5.41) is 8.72. The first kappa shape index (κ1) is 11.5. The zero-order chi connectivity index (χ0) is 11.3. The first-order chi connectivity index (χ1) is 7.15. The Hall–Kier alpha value is -1.61. The van der Waals surface area contributed by atoms with Gasteiger partial charge in [0, 0.05) is 19.1 Å². The summed E-state index contributed by atoms with van der Waals surface area (Å²) in [4.78, 5) is 10.6. The Kier molecular flexibility index (Phi) is 4.06. The predicted molar refractivity (Wildman–Crippen MR) is 57.6 cm³/mol. The number of carbonyl (C=O) groups is 1. The first-order valence-corrected chi connectivity index (χ1v) is 4.64. The van der Waals surface area contributed by atoms with Gasteiger partial charge < -0.3 is 9.84 Å². The van der Waals surface area contributed by atoms with Crippen LogP contribution in [0.1, 0.15) is 18.1 Å². The molecule has 3 heteroatoms. The van der Waals surface area contributed by atoms with Gasteiger partial charge in [0.25, 0.3) is 0 Å². The molecule has 15 heavy (non-hydrogen) atoms. The lowest BCUT2D eigenvalue weighted by atomic mass is 10.0. The second-order valence-electron chi connectivity index (χ2n) is 3.25. The van der Waals surface area contributed by atoms with E-state index in [-0.39, 0.29) is 11.7 Å². The van der Waals surface area contributed by atoms with Crippen LogP contribution in [0.25, 0.3) is 0 Å². The third-order valence-electron chi connectivity index (χ3n) is 2.19. The highest BCUT2D eigenvalue weighted by Crippen LogP contribution is 2.23. The van der Waals surface area contributed by atoms with Crippen molar-refractivity contribution in [2.45, 2.75) is 12.5 Å². The summed E-state index contributed by atoms with van der Waals surface area (Å²) in [7, 11) is 1.56. The van der Waals surface area contributed by atoms with Gasteiger partial charge in [-0.15, -0.1) is 0 Å². The molecule has 0 heterocycles. The molecule has 0 aliphatic heterocycles. The molecule has 0 amide bonds. The Morgan fingerprint density at radius 2 is 2.07 bits per heavy atom. The Bertz CT molecular complexity index is 343. The van der Waals surface area contributed by atoms with Gasteiger partial charge in [-0.25, -0.2) is 4.79 Å². The highest BCUT2D eigenvalue weighted by molar-refractivity contribution is 5.85. The maximum absolute atomic E-state index is 10.6. The fraction of sp³-hybridized carbons (Fsp3) is 0.250. The van der Waals surface area contributed by atoms with Crippen LogP contribution in [-0.2, 0) is 9.53 Å². The van der Waals surface area contributed by atoms with E-state index in [1.807, 2.05) is 30.3 Å². The summed E-state index contributed by atoms with van der Waals surface area (Å²) in [6.07, 6.45) is 0.0605. The molecule has 0 bridgehead atoms. The second kappa shape index (κ2) is 5.32. The van der Waals surface area contributed by atoms with Gasteiger partial charge in [0.2, 0.25) is 0 Å². The topological polar surface area (TPSA) is 46.5 Å². The number of rotatable bonds is 5. The summed E-state index contributed by atoms with van der Waals surface area (Å²) in [5.41, 5.74) is 1.12. The molecule has 0 aliphatic rings. The SMILES string of the molecule is C=C(CC(OC)c1ccccc1)C(=O)O.